The van der Waals surface area contributed by atoms with Crippen LogP contribution in [0.15, 0.2) is 94.6 Å². The predicted octanol–water partition coefficient (Wildman–Crippen LogP) is 6.02. The number of amides is 2. The third-order valence-corrected chi connectivity index (χ3v) is 9.80. The number of para-hydroxylation sites is 2. The third kappa shape index (κ3) is 6.09. The fourth-order valence-corrected chi connectivity index (χ4v) is 7.08. The van der Waals surface area contributed by atoms with Gasteiger partial charge in [-0.1, -0.05) is 42.5 Å². The fourth-order valence-electron chi connectivity index (χ4n) is 5.38. The minimum Gasteiger partial charge on any atom is -0.322 e. The molecule has 46 heavy (non-hydrogen) atoms. The summed E-state index contributed by atoms with van der Waals surface area (Å²) < 4.78 is 32.9. The molecule has 2 amide bonds. The number of hydrogen-bond donors (Lipinski definition) is 3. The Hall–Kier alpha value is -5.42. The van der Waals surface area contributed by atoms with Gasteiger partial charge >= 0.3 is 0 Å². The highest BCUT2D eigenvalue weighted by molar-refractivity contribution is 7.92. The van der Waals surface area contributed by atoms with E-state index in [0.29, 0.717) is 28.2 Å². The largest absolute Gasteiger partial charge is 0.322 e. The van der Waals surface area contributed by atoms with Crippen molar-refractivity contribution in [3.05, 3.63) is 134 Å². The van der Waals surface area contributed by atoms with E-state index in [2.05, 4.69) is 15.4 Å². The van der Waals surface area contributed by atoms with Gasteiger partial charge in [-0.3, -0.25) is 23.8 Å². The van der Waals surface area contributed by atoms with Crippen LogP contribution in [0.1, 0.15) is 48.7 Å². The molecule has 5 rings (SSSR count). The molecule has 0 aliphatic carbocycles. The van der Waals surface area contributed by atoms with Crippen molar-refractivity contribution in [3.63, 3.8) is 0 Å². The summed E-state index contributed by atoms with van der Waals surface area (Å²) in [6.45, 7) is 8.98. The molecular formula is C35H35N5O5S. The Labute approximate surface area is 267 Å². The molecule has 0 bridgehead atoms. The number of benzene rings is 4. The molecule has 0 aliphatic rings. The van der Waals surface area contributed by atoms with Crippen molar-refractivity contribution in [3.8, 4) is 5.69 Å². The number of hydrogen-bond acceptors (Lipinski definition) is 5. The lowest BCUT2D eigenvalue weighted by Gasteiger charge is -2.18. The number of anilines is 3. The van der Waals surface area contributed by atoms with Crippen LogP contribution in [0.25, 0.3) is 5.69 Å². The quantitative estimate of drug-likeness (QED) is 0.191. The summed E-state index contributed by atoms with van der Waals surface area (Å²) in [7, 11) is -2.30. The van der Waals surface area contributed by atoms with E-state index in [1.54, 1.807) is 75.0 Å². The minimum atomic E-state index is -4.03. The summed E-state index contributed by atoms with van der Waals surface area (Å²) in [5, 5.41) is 5.48. The highest BCUT2D eigenvalue weighted by Gasteiger charge is 2.25. The van der Waals surface area contributed by atoms with E-state index in [4.69, 9.17) is 0 Å². The van der Waals surface area contributed by atoms with Gasteiger partial charge in [0.1, 0.15) is 5.69 Å². The average molecular weight is 638 g/mol. The van der Waals surface area contributed by atoms with Crippen LogP contribution in [-0.4, -0.2) is 29.6 Å². The van der Waals surface area contributed by atoms with Gasteiger partial charge in [0.05, 0.1) is 27.5 Å². The lowest BCUT2D eigenvalue weighted by Crippen LogP contribution is -2.23. The van der Waals surface area contributed by atoms with Crippen molar-refractivity contribution >= 4 is 38.9 Å². The first-order valence-corrected chi connectivity index (χ1v) is 16.0. The molecule has 0 fully saturated rings. The number of aryl methyl sites for hydroxylation is 2. The molecule has 0 unspecified atom stereocenters. The summed E-state index contributed by atoms with van der Waals surface area (Å²) >= 11 is 0. The van der Waals surface area contributed by atoms with Gasteiger partial charge in [-0.2, -0.15) is 0 Å². The van der Waals surface area contributed by atoms with E-state index in [1.165, 1.54) is 22.9 Å². The zero-order chi connectivity index (χ0) is 33.3. The Morgan fingerprint density at radius 1 is 0.717 bits per heavy atom. The van der Waals surface area contributed by atoms with Gasteiger partial charge in [0.15, 0.2) is 0 Å². The number of sulfonamides is 1. The van der Waals surface area contributed by atoms with E-state index in [0.717, 1.165) is 11.1 Å². The topological polar surface area (TPSA) is 131 Å². The van der Waals surface area contributed by atoms with Crippen LogP contribution in [-0.2, 0) is 17.1 Å². The molecule has 0 radical (unpaired) electrons. The van der Waals surface area contributed by atoms with Gasteiger partial charge in [-0.05, 0) is 99.3 Å². The first-order valence-electron chi connectivity index (χ1n) is 14.6. The Bertz CT molecular complexity index is 2140. The zero-order valence-electron chi connectivity index (χ0n) is 26.4. The maximum atomic E-state index is 13.6. The maximum absolute atomic E-state index is 13.6. The van der Waals surface area contributed by atoms with E-state index in [-0.39, 0.29) is 33.0 Å². The zero-order valence-corrected chi connectivity index (χ0v) is 27.2. The van der Waals surface area contributed by atoms with E-state index >= 15 is 0 Å². The molecule has 0 saturated heterocycles. The van der Waals surface area contributed by atoms with E-state index in [9.17, 15) is 22.8 Å². The molecule has 0 saturated carbocycles. The standard InChI is InChI=1S/C35H35N5O5S/c1-21-19-22(2)24(4)32(23(21)3)46(44,45)38-30-18-11-10-17-29(30)34(42)36-27-14-12-13-26(20-27)33(41)37-31-25(5)39(6)40(35(31)43)28-15-8-7-9-16-28/h7-20,38H,1-6H3,(H,36,42)(H,37,41). The smallest absolute Gasteiger partial charge is 0.295 e. The minimum absolute atomic E-state index is 0.0991. The Balaban J connectivity index is 1.38. The molecule has 1 aromatic heterocycles. The Morgan fingerprint density at radius 3 is 2.02 bits per heavy atom. The lowest BCUT2D eigenvalue weighted by molar-refractivity contribution is 0.101. The molecule has 0 aliphatic heterocycles. The first kappa shape index (κ1) is 32.0. The number of rotatable bonds is 8. The van der Waals surface area contributed by atoms with Crippen LogP contribution in [0.2, 0.25) is 0 Å². The summed E-state index contributed by atoms with van der Waals surface area (Å²) in [5.41, 5.74) is 4.69. The number of nitrogens with zero attached hydrogens (tertiary/aromatic N) is 2. The van der Waals surface area contributed by atoms with Crippen LogP contribution >= 0.6 is 0 Å². The van der Waals surface area contributed by atoms with Gasteiger partial charge in [0.2, 0.25) is 0 Å². The monoisotopic (exact) mass is 637 g/mol. The van der Waals surface area contributed by atoms with Crippen molar-refractivity contribution in [1.29, 1.82) is 0 Å². The van der Waals surface area contributed by atoms with Crippen LogP contribution < -0.4 is 20.9 Å². The second-order valence-electron chi connectivity index (χ2n) is 11.2. The van der Waals surface area contributed by atoms with Crippen LogP contribution in [0, 0.1) is 34.6 Å². The Kier molecular flexibility index (Phi) is 8.71. The first-order chi connectivity index (χ1) is 21.8. The van der Waals surface area contributed by atoms with E-state index in [1.807, 2.05) is 38.1 Å². The summed E-state index contributed by atoms with van der Waals surface area (Å²) in [4.78, 5) is 40.2. The number of aromatic nitrogens is 2. The molecule has 10 nitrogen and oxygen atoms in total. The highest BCUT2D eigenvalue weighted by Crippen LogP contribution is 2.29. The molecule has 1 heterocycles. The fraction of sp³-hybridized carbons (Fsp3) is 0.171. The molecule has 236 valence electrons. The second-order valence-corrected chi connectivity index (χ2v) is 12.8. The second kappa shape index (κ2) is 12.5. The van der Waals surface area contributed by atoms with Gasteiger partial charge in [0, 0.05) is 18.3 Å². The van der Waals surface area contributed by atoms with Crippen molar-refractivity contribution in [2.45, 2.75) is 39.5 Å². The Morgan fingerprint density at radius 2 is 1.35 bits per heavy atom. The average Bonchev–Trinajstić information content (AvgIpc) is 3.23. The van der Waals surface area contributed by atoms with Gasteiger partial charge in [-0.25, -0.2) is 13.1 Å². The molecular weight excluding hydrogens is 602 g/mol. The summed E-state index contributed by atoms with van der Waals surface area (Å²) in [6.07, 6.45) is 0. The van der Waals surface area contributed by atoms with Gasteiger partial charge in [-0.15, -0.1) is 0 Å². The maximum Gasteiger partial charge on any atom is 0.295 e. The molecule has 5 aromatic rings. The van der Waals surface area contributed by atoms with Gasteiger partial charge < -0.3 is 10.6 Å². The lowest BCUT2D eigenvalue weighted by atomic mass is 10.0. The SMILES string of the molecule is Cc1cc(C)c(C)c(S(=O)(=O)Nc2ccccc2C(=O)Nc2cccc(C(=O)Nc3c(C)n(C)n(-c4ccccc4)c3=O)c2)c1C. The number of carbonyl (C=O) groups excluding carboxylic acids is 2. The summed E-state index contributed by atoms with van der Waals surface area (Å²) in [6, 6.07) is 23.6. The molecule has 0 atom stereocenters. The normalized spacial score (nSPS) is 11.3. The van der Waals surface area contributed by atoms with Crippen LogP contribution in [0.3, 0.4) is 0 Å². The van der Waals surface area contributed by atoms with Crippen molar-refractivity contribution in [2.75, 3.05) is 15.4 Å². The highest BCUT2D eigenvalue weighted by atomic mass is 32.2. The van der Waals surface area contributed by atoms with Crippen LogP contribution in [0.4, 0.5) is 17.1 Å². The predicted molar refractivity (Wildman–Crippen MR) is 181 cm³/mol. The molecule has 3 N–H and O–H groups in total. The molecule has 4 aromatic carbocycles. The van der Waals surface area contributed by atoms with Crippen LogP contribution in [0.5, 0.6) is 0 Å². The third-order valence-electron chi connectivity index (χ3n) is 8.16. The van der Waals surface area contributed by atoms with Crippen molar-refractivity contribution in [1.82, 2.24) is 9.36 Å². The number of carbonyl (C=O) groups is 2. The summed E-state index contributed by atoms with van der Waals surface area (Å²) in [5.74, 6) is -1.11. The van der Waals surface area contributed by atoms with Crippen molar-refractivity contribution in [2.24, 2.45) is 7.05 Å². The molecule has 11 heteroatoms. The van der Waals surface area contributed by atoms with Gasteiger partial charge in [0.25, 0.3) is 27.4 Å². The molecule has 0 spiro atoms. The van der Waals surface area contributed by atoms with E-state index < -0.39 is 21.8 Å². The number of nitrogens with one attached hydrogen (secondary N) is 3. The van der Waals surface area contributed by atoms with Crippen molar-refractivity contribution < 1.29 is 18.0 Å².